The van der Waals surface area contributed by atoms with Gasteiger partial charge in [0.25, 0.3) is 0 Å². The number of allylic oxidation sites excluding steroid dienone is 8. The standard InChI is InChI=1S/C46H61NO3/c1-13-15-21-47(22-16-14-2)43-37(25-33-27-41(45(7,8)9)49-39-19-17-31(29(3)4)23-35(33)39)44(48)38(43)26-34-28-42(46(10,11)12)50-40-20-18-32(30(5)6)24-36(34)40/h17-20,23-30,41H,13-16,21-22H2,1-12H3/b34-26+,37-25-. The van der Waals surface area contributed by atoms with E-state index in [9.17, 15) is 4.79 Å². The van der Waals surface area contributed by atoms with Crippen molar-refractivity contribution in [2.45, 2.75) is 127 Å². The molecule has 0 N–H and O–H groups in total. The molecule has 5 rings (SSSR count). The molecule has 0 amide bonds. The number of ether oxygens (including phenoxy) is 2. The molecule has 0 bridgehead atoms. The van der Waals surface area contributed by atoms with Crippen molar-refractivity contribution in [2.24, 2.45) is 10.8 Å². The van der Waals surface area contributed by atoms with Gasteiger partial charge in [-0.3, -0.25) is 4.79 Å². The lowest BCUT2D eigenvalue weighted by atomic mass is 9.79. The highest BCUT2D eigenvalue weighted by Gasteiger charge is 2.38. The fourth-order valence-electron chi connectivity index (χ4n) is 6.68. The zero-order valence-electron chi connectivity index (χ0n) is 32.9. The Hall–Kier alpha value is -3.79. The van der Waals surface area contributed by atoms with Gasteiger partial charge in [0.05, 0.1) is 5.70 Å². The summed E-state index contributed by atoms with van der Waals surface area (Å²) in [5, 5.41) is 0. The van der Waals surface area contributed by atoms with E-state index in [4.69, 9.17) is 9.47 Å². The molecule has 0 spiro atoms. The molecule has 2 heterocycles. The number of benzene rings is 2. The van der Waals surface area contributed by atoms with Crippen LogP contribution in [0.2, 0.25) is 0 Å². The zero-order chi connectivity index (χ0) is 36.5. The van der Waals surface area contributed by atoms with Gasteiger partial charge in [-0.2, -0.15) is 0 Å². The second-order valence-corrected chi connectivity index (χ2v) is 17.2. The highest BCUT2D eigenvalue weighted by Crippen LogP contribution is 2.46. The molecule has 0 saturated carbocycles. The van der Waals surface area contributed by atoms with Gasteiger partial charge in [0, 0.05) is 46.2 Å². The average Bonchev–Trinajstić information content (AvgIpc) is 3.06. The number of hydrogen-bond donors (Lipinski definition) is 0. The first-order valence-corrected chi connectivity index (χ1v) is 19.1. The number of nitrogens with zero attached hydrogens (tertiary/aromatic N) is 1. The van der Waals surface area contributed by atoms with Gasteiger partial charge in [0.2, 0.25) is 0 Å². The van der Waals surface area contributed by atoms with Crippen molar-refractivity contribution in [1.29, 1.82) is 0 Å². The Kier molecular flexibility index (Phi) is 11.1. The van der Waals surface area contributed by atoms with Crippen LogP contribution in [0, 0.1) is 10.8 Å². The normalized spacial score (nSPS) is 19.2. The van der Waals surface area contributed by atoms with E-state index in [2.05, 4.69) is 149 Å². The summed E-state index contributed by atoms with van der Waals surface area (Å²) in [6.07, 6.45) is 13.0. The first-order valence-electron chi connectivity index (χ1n) is 19.1. The van der Waals surface area contributed by atoms with Gasteiger partial charge in [-0.1, -0.05) is 108 Å². The van der Waals surface area contributed by atoms with Crippen molar-refractivity contribution < 1.29 is 14.3 Å². The largest absolute Gasteiger partial charge is 0.485 e. The Labute approximate surface area is 303 Å². The Balaban J connectivity index is 1.74. The van der Waals surface area contributed by atoms with Crippen molar-refractivity contribution in [3.8, 4) is 11.5 Å². The molecular formula is C46H61NO3. The Morgan fingerprint density at radius 3 is 1.92 bits per heavy atom. The van der Waals surface area contributed by atoms with E-state index in [0.29, 0.717) is 11.8 Å². The summed E-state index contributed by atoms with van der Waals surface area (Å²) < 4.78 is 13.1. The van der Waals surface area contributed by atoms with Crippen molar-refractivity contribution in [2.75, 3.05) is 13.1 Å². The maximum absolute atomic E-state index is 14.6. The smallest absolute Gasteiger partial charge is 0.197 e. The van der Waals surface area contributed by atoms with Gasteiger partial charge in [0.1, 0.15) is 23.4 Å². The topological polar surface area (TPSA) is 38.8 Å². The van der Waals surface area contributed by atoms with E-state index in [1.54, 1.807) is 0 Å². The van der Waals surface area contributed by atoms with Gasteiger partial charge < -0.3 is 14.4 Å². The van der Waals surface area contributed by atoms with Crippen LogP contribution in [0.3, 0.4) is 0 Å². The van der Waals surface area contributed by atoms with Crippen LogP contribution < -0.4 is 9.47 Å². The van der Waals surface area contributed by atoms with Crippen LogP contribution in [0.25, 0.3) is 11.1 Å². The van der Waals surface area contributed by atoms with Crippen molar-refractivity contribution in [3.05, 3.63) is 106 Å². The zero-order valence-corrected chi connectivity index (χ0v) is 32.9. The molecule has 1 aliphatic carbocycles. The third kappa shape index (κ3) is 7.90. The summed E-state index contributed by atoms with van der Waals surface area (Å²) in [4.78, 5) is 17.1. The maximum atomic E-state index is 14.6. The highest BCUT2D eigenvalue weighted by molar-refractivity contribution is 6.23. The van der Waals surface area contributed by atoms with Crippen LogP contribution in [0.5, 0.6) is 11.5 Å². The summed E-state index contributed by atoms with van der Waals surface area (Å²) in [6.45, 7) is 28.4. The van der Waals surface area contributed by atoms with E-state index in [1.807, 2.05) is 0 Å². The van der Waals surface area contributed by atoms with Crippen LogP contribution in [-0.4, -0.2) is 29.9 Å². The lowest BCUT2D eigenvalue weighted by Gasteiger charge is -2.37. The monoisotopic (exact) mass is 675 g/mol. The second-order valence-electron chi connectivity index (χ2n) is 17.2. The van der Waals surface area contributed by atoms with Crippen LogP contribution >= 0.6 is 0 Å². The van der Waals surface area contributed by atoms with Crippen molar-refractivity contribution >= 4 is 16.9 Å². The van der Waals surface area contributed by atoms with Crippen LogP contribution in [0.15, 0.2) is 83.3 Å². The summed E-state index contributed by atoms with van der Waals surface area (Å²) >= 11 is 0. The SMILES string of the molecule is CCCCN(CCCC)C1=C(/C=C2\C=C(C(C)(C)C)Oc3ccc(C(C)C)cc32)C(=O)/C1=C\C1=CC(C(C)(C)C)Oc2ccc(C(C)C)cc21. The number of rotatable bonds is 11. The molecule has 268 valence electrons. The fourth-order valence-corrected chi connectivity index (χ4v) is 6.68. The molecule has 1 atom stereocenters. The van der Waals surface area contributed by atoms with Crippen LogP contribution in [-0.2, 0) is 4.79 Å². The molecule has 50 heavy (non-hydrogen) atoms. The minimum atomic E-state index is -0.185. The first-order chi connectivity index (χ1) is 23.5. The number of ketones is 1. The molecule has 2 aliphatic heterocycles. The van der Waals surface area contributed by atoms with E-state index >= 15 is 0 Å². The highest BCUT2D eigenvalue weighted by atomic mass is 16.5. The maximum Gasteiger partial charge on any atom is 0.197 e. The van der Waals surface area contributed by atoms with Gasteiger partial charge in [-0.05, 0) is 95.5 Å². The van der Waals surface area contributed by atoms with Gasteiger partial charge >= 0.3 is 0 Å². The molecule has 2 aromatic rings. The number of unbranched alkanes of at least 4 members (excludes halogenated alkanes) is 2. The summed E-state index contributed by atoms with van der Waals surface area (Å²) in [6, 6.07) is 13.1. The minimum Gasteiger partial charge on any atom is -0.485 e. The van der Waals surface area contributed by atoms with E-state index in [-0.39, 0.29) is 22.7 Å². The Bertz CT molecular complexity index is 1750. The Morgan fingerprint density at radius 1 is 0.800 bits per heavy atom. The van der Waals surface area contributed by atoms with E-state index in [1.165, 1.54) is 11.1 Å². The molecule has 0 aromatic heterocycles. The third-order valence-electron chi connectivity index (χ3n) is 10.1. The number of hydrogen-bond acceptors (Lipinski definition) is 4. The van der Waals surface area contributed by atoms with E-state index < -0.39 is 0 Å². The van der Waals surface area contributed by atoms with Crippen LogP contribution in [0.1, 0.15) is 143 Å². The molecule has 4 heteroatoms. The molecule has 0 saturated heterocycles. The molecular weight excluding hydrogens is 615 g/mol. The predicted molar refractivity (Wildman–Crippen MR) is 211 cm³/mol. The van der Waals surface area contributed by atoms with Gasteiger partial charge in [-0.25, -0.2) is 0 Å². The summed E-state index contributed by atoms with van der Waals surface area (Å²) in [5.41, 5.74) is 9.11. The van der Waals surface area contributed by atoms with Crippen molar-refractivity contribution in [1.82, 2.24) is 4.90 Å². The molecule has 0 fully saturated rings. The fraction of sp³-hybridized carbons (Fsp3) is 0.500. The molecule has 4 nitrogen and oxygen atoms in total. The molecule has 3 aliphatic rings. The number of carbonyl (C=O) groups excluding carboxylic acids is 1. The van der Waals surface area contributed by atoms with E-state index in [0.717, 1.165) is 95.1 Å². The first kappa shape index (κ1) is 37.5. The lowest BCUT2D eigenvalue weighted by molar-refractivity contribution is -0.113. The number of carbonyl (C=O) groups is 1. The molecule has 2 aromatic carbocycles. The third-order valence-corrected chi connectivity index (χ3v) is 10.1. The number of Topliss-reactive ketones (excluding diaryl/α,β-unsaturated/α-hetero) is 1. The predicted octanol–water partition coefficient (Wildman–Crippen LogP) is 12.2. The average molecular weight is 676 g/mol. The van der Waals surface area contributed by atoms with Gasteiger partial charge in [0.15, 0.2) is 5.78 Å². The molecule has 1 unspecified atom stereocenters. The quantitative estimate of drug-likeness (QED) is 0.222. The number of fused-ring (bicyclic) bond motifs is 2. The second kappa shape index (κ2) is 14.8. The summed E-state index contributed by atoms with van der Waals surface area (Å²) in [7, 11) is 0. The Morgan fingerprint density at radius 2 is 1.38 bits per heavy atom. The van der Waals surface area contributed by atoms with Crippen molar-refractivity contribution in [3.63, 3.8) is 0 Å². The molecule has 0 radical (unpaired) electrons. The summed E-state index contributed by atoms with van der Waals surface area (Å²) in [5.74, 6) is 3.51. The van der Waals surface area contributed by atoms with Crippen LogP contribution in [0.4, 0.5) is 0 Å². The minimum absolute atomic E-state index is 0.102. The van der Waals surface area contributed by atoms with Gasteiger partial charge in [-0.15, -0.1) is 0 Å². The lowest BCUT2D eigenvalue weighted by Crippen LogP contribution is -2.37.